The zero-order valence-electron chi connectivity index (χ0n) is 13.1. The Bertz CT molecular complexity index is 673. The van der Waals surface area contributed by atoms with Gasteiger partial charge in [-0.05, 0) is 62.1 Å². The number of aryl methyl sites for hydroxylation is 2. The van der Waals surface area contributed by atoms with Crippen LogP contribution in [0.25, 0.3) is 0 Å². The van der Waals surface area contributed by atoms with Crippen molar-refractivity contribution in [3.8, 4) is 0 Å². The van der Waals surface area contributed by atoms with Crippen LogP contribution in [0.5, 0.6) is 0 Å². The van der Waals surface area contributed by atoms with Crippen molar-refractivity contribution >= 4 is 17.4 Å². The van der Waals surface area contributed by atoms with Crippen LogP contribution in [-0.4, -0.2) is 24.0 Å². The highest BCUT2D eigenvalue weighted by molar-refractivity contribution is 6.04. The number of carbonyl (C=O) groups is 1. The average Bonchev–Trinajstić information content (AvgIpc) is 3.05. The molecule has 22 heavy (non-hydrogen) atoms. The molecule has 4 nitrogen and oxygen atoms in total. The number of hydrogen-bond donors (Lipinski definition) is 1. The Hall–Kier alpha value is -2.36. The van der Waals surface area contributed by atoms with Gasteiger partial charge in [0, 0.05) is 25.0 Å². The van der Waals surface area contributed by atoms with Gasteiger partial charge in [0.1, 0.15) is 5.82 Å². The lowest BCUT2D eigenvalue weighted by Gasteiger charge is -2.16. The molecule has 0 atom stereocenters. The molecule has 0 radical (unpaired) electrons. The minimum atomic E-state index is -0.122. The number of nitrogens with zero attached hydrogens (tertiary/aromatic N) is 2. The van der Waals surface area contributed by atoms with Crippen molar-refractivity contribution in [3.63, 3.8) is 0 Å². The molecule has 0 aliphatic carbocycles. The summed E-state index contributed by atoms with van der Waals surface area (Å²) in [5, 5.41) is 2.92. The summed E-state index contributed by atoms with van der Waals surface area (Å²) in [6.07, 6.45) is 4.09. The van der Waals surface area contributed by atoms with Gasteiger partial charge in [-0.15, -0.1) is 0 Å². The second-order valence-corrected chi connectivity index (χ2v) is 5.85. The molecular weight excluding hydrogens is 274 g/mol. The van der Waals surface area contributed by atoms with Crippen LogP contribution < -0.4 is 10.2 Å². The molecule has 3 rings (SSSR count). The normalized spacial score (nSPS) is 14.2. The summed E-state index contributed by atoms with van der Waals surface area (Å²) in [6.45, 7) is 6.21. The minimum Gasteiger partial charge on any atom is -0.357 e. The number of aromatic nitrogens is 1. The zero-order valence-corrected chi connectivity index (χ0v) is 13.1. The van der Waals surface area contributed by atoms with Crippen LogP contribution in [0.4, 0.5) is 11.5 Å². The SMILES string of the molecule is Cc1ccc(NC(=O)c2ccc(N3CCCC3)nc2)cc1C. The van der Waals surface area contributed by atoms with Gasteiger partial charge in [-0.25, -0.2) is 4.98 Å². The lowest BCUT2D eigenvalue weighted by molar-refractivity contribution is 0.102. The smallest absolute Gasteiger partial charge is 0.257 e. The fourth-order valence-electron chi connectivity index (χ4n) is 2.68. The van der Waals surface area contributed by atoms with E-state index in [0.717, 1.165) is 24.6 Å². The Morgan fingerprint density at radius 1 is 1.09 bits per heavy atom. The number of amides is 1. The third kappa shape index (κ3) is 3.11. The van der Waals surface area contributed by atoms with E-state index in [1.807, 2.05) is 37.3 Å². The van der Waals surface area contributed by atoms with E-state index in [1.165, 1.54) is 24.0 Å². The summed E-state index contributed by atoms with van der Waals surface area (Å²) in [5.41, 5.74) is 3.79. The van der Waals surface area contributed by atoms with Gasteiger partial charge in [-0.3, -0.25) is 4.79 Å². The molecule has 1 aromatic carbocycles. The molecule has 0 unspecified atom stereocenters. The molecule has 0 bridgehead atoms. The van der Waals surface area contributed by atoms with Gasteiger partial charge in [0.05, 0.1) is 5.56 Å². The van der Waals surface area contributed by atoms with Crippen molar-refractivity contribution in [1.82, 2.24) is 4.98 Å². The third-order valence-corrected chi connectivity index (χ3v) is 4.20. The second kappa shape index (κ2) is 6.18. The minimum absolute atomic E-state index is 0.122. The molecular formula is C18H21N3O. The average molecular weight is 295 g/mol. The highest BCUT2D eigenvalue weighted by atomic mass is 16.1. The Balaban J connectivity index is 1.70. The van der Waals surface area contributed by atoms with E-state index < -0.39 is 0 Å². The van der Waals surface area contributed by atoms with Crippen LogP contribution in [0.15, 0.2) is 36.5 Å². The van der Waals surface area contributed by atoms with E-state index in [4.69, 9.17) is 0 Å². The molecule has 1 amide bonds. The number of rotatable bonds is 3. The van der Waals surface area contributed by atoms with Crippen molar-refractivity contribution in [2.24, 2.45) is 0 Å². The summed E-state index contributed by atoms with van der Waals surface area (Å²) in [4.78, 5) is 19.0. The highest BCUT2D eigenvalue weighted by Gasteiger charge is 2.14. The number of benzene rings is 1. The Labute approximate surface area is 131 Å². The summed E-state index contributed by atoms with van der Waals surface area (Å²) in [6, 6.07) is 9.70. The Morgan fingerprint density at radius 2 is 1.86 bits per heavy atom. The maximum absolute atomic E-state index is 12.3. The van der Waals surface area contributed by atoms with Gasteiger partial charge in [-0.2, -0.15) is 0 Å². The molecule has 1 aromatic heterocycles. The van der Waals surface area contributed by atoms with E-state index in [2.05, 4.69) is 22.1 Å². The van der Waals surface area contributed by atoms with E-state index in [1.54, 1.807) is 6.20 Å². The van der Waals surface area contributed by atoms with Crippen molar-refractivity contribution in [2.75, 3.05) is 23.3 Å². The number of hydrogen-bond acceptors (Lipinski definition) is 3. The fourth-order valence-corrected chi connectivity index (χ4v) is 2.68. The third-order valence-electron chi connectivity index (χ3n) is 4.20. The summed E-state index contributed by atoms with van der Waals surface area (Å²) in [7, 11) is 0. The number of pyridine rings is 1. The zero-order chi connectivity index (χ0) is 15.5. The predicted molar refractivity (Wildman–Crippen MR) is 89.6 cm³/mol. The van der Waals surface area contributed by atoms with Crippen LogP contribution in [0.3, 0.4) is 0 Å². The first-order chi connectivity index (χ1) is 10.6. The molecule has 0 saturated carbocycles. The van der Waals surface area contributed by atoms with Crippen LogP contribution >= 0.6 is 0 Å². The summed E-state index contributed by atoms with van der Waals surface area (Å²) in [5.74, 6) is 0.837. The molecule has 1 saturated heterocycles. The quantitative estimate of drug-likeness (QED) is 0.942. The molecule has 2 aromatic rings. The number of carbonyl (C=O) groups excluding carboxylic acids is 1. The molecule has 1 aliphatic heterocycles. The number of anilines is 2. The van der Waals surface area contributed by atoms with Gasteiger partial charge in [0.25, 0.3) is 5.91 Å². The Kier molecular flexibility index (Phi) is 4.09. The van der Waals surface area contributed by atoms with E-state index in [0.29, 0.717) is 5.56 Å². The molecule has 2 heterocycles. The lowest BCUT2D eigenvalue weighted by Crippen LogP contribution is -2.19. The van der Waals surface area contributed by atoms with Gasteiger partial charge in [0.15, 0.2) is 0 Å². The molecule has 0 spiro atoms. The van der Waals surface area contributed by atoms with Gasteiger partial charge in [0.2, 0.25) is 0 Å². The van der Waals surface area contributed by atoms with Crippen LogP contribution in [0, 0.1) is 13.8 Å². The first kappa shape index (κ1) is 14.6. The van der Waals surface area contributed by atoms with Gasteiger partial charge >= 0.3 is 0 Å². The molecule has 114 valence electrons. The van der Waals surface area contributed by atoms with Crippen molar-refractivity contribution < 1.29 is 4.79 Å². The van der Waals surface area contributed by atoms with Crippen molar-refractivity contribution in [1.29, 1.82) is 0 Å². The summed E-state index contributed by atoms with van der Waals surface area (Å²) >= 11 is 0. The first-order valence-electron chi connectivity index (χ1n) is 7.73. The fraction of sp³-hybridized carbons (Fsp3) is 0.333. The predicted octanol–water partition coefficient (Wildman–Crippen LogP) is 3.55. The van der Waals surface area contributed by atoms with Crippen LogP contribution in [0.1, 0.15) is 34.3 Å². The molecule has 1 aliphatic rings. The lowest BCUT2D eigenvalue weighted by atomic mass is 10.1. The van der Waals surface area contributed by atoms with E-state index >= 15 is 0 Å². The van der Waals surface area contributed by atoms with Crippen LogP contribution in [0.2, 0.25) is 0 Å². The molecule has 1 fully saturated rings. The van der Waals surface area contributed by atoms with Crippen molar-refractivity contribution in [2.45, 2.75) is 26.7 Å². The van der Waals surface area contributed by atoms with Gasteiger partial charge < -0.3 is 10.2 Å². The topological polar surface area (TPSA) is 45.2 Å². The van der Waals surface area contributed by atoms with E-state index in [-0.39, 0.29) is 5.91 Å². The first-order valence-corrected chi connectivity index (χ1v) is 7.73. The van der Waals surface area contributed by atoms with Crippen molar-refractivity contribution in [3.05, 3.63) is 53.2 Å². The monoisotopic (exact) mass is 295 g/mol. The number of nitrogens with one attached hydrogen (secondary N) is 1. The maximum Gasteiger partial charge on any atom is 0.257 e. The van der Waals surface area contributed by atoms with Crippen LogP contribution in [-0.2, 0) is 0 Å². The van der Waals surface area contributed by atoms with Gasteiger partial charge in [-0.1, -0.05) is 6.07 Å². The molecule has 1 N–H and O–H groups in total. The standard InChI is InChI=1S/C18H21N3O/c1-13-5-7-16(11-14(13)2)20-18(22)15-6-8-17(19-12-15)21-9-3-4-10-21/h5-8,11-12H,3-4,9-10H2,1-2H3,(H,20,22). The molecule has 4 heteroatoms. The Morgan fingerprint density at radius 3 is 2.50 bits per heavy atom. The largest absolute Gasteiger partial charge is 0.357 e. The summed E-state index contributed by atoms with van der Waals surface area (Å²) < 4.78 is 0. The second-order valence-electron chi connectivity index (χ2n) is 5.85. The van der Waals surface area contributed by atoms with E-state index in [9.17, 15) is 4.79 Å². The maximum atomic E-state index is 12.3. The highest BCUT2D eigenvalue weighted by Crippen LogP contribution is 2.19.